The van der Waals surface area contributed by atoms with Crippen LogP contribution >= 0.6 is 11.6 Å². The lowest BCUT2D eigenvalue weighted by Crippen LogP contribution is -2.51. The lowest BCUT2D eigenvalue weighted by molar-refractivity contribution is 0.0510. The van der Waals surface area contributed by atoms with Gasteiger partial charge in [-0.2, -0.15) is 0 Å². The first-order chi connectivity index (χ1) is 13.1. The van der Waals surface area contributed by atoms with Gasteiger partial charge in [-0.25, -0.2) is 4.79 Å². The van der Waals surface area contributed by atoms with Crippen molar-refractivity contribution in [2.45, 2.75) is 51.3 Å². The number of benzene rings is 2. The number of carbonyl (C=O) groups is 1. The summed E-state index contributed by atoms with van der Waals surface area (Å²) in [6.07, 6.45) is 6.10. The van der Waals surface area contributed by atoms with Gasteiger partial charge < -0.3 is 4.74 Å². The van der Waals surface area contributed by atoms with Crippen molar-refractivity contribution < 1.29 is 9.53 Å². The first-order valence-corrected chi connectivity index (χ1v) is 9.96. The predicted octanol–water partition coefficient (Wildman–Crippen LogP) is 6.00. The van der Waals surface area contributed by atoms with E-state index in [1.807, 2.05) is 48.2 Å². The monoisotopic (exact) mass is 381 g/mol. The van der Waals surface area contributed by atoms with Gasteiger partial charge in [0, 0.05) is 11.1 Å². The van der Waals surface area contributed by atoms with Crippen molar-refractivity contribution in [2.24, 2.45) is 0 Å². The molecular formula is C23H24ClNO2. The molecule has 1 fully saturated rings. The van der Waals surface area contributed by atoms with Crippen LogP contribution in [0.4, 0.5) is 4.79 Å². The normalized spacial score (nSPS) is 21.6. The maximum absolute atomic E-state index is 12.8. The van der Waals surface area contributed by atoms with Crippen molar-refractivity contribution >= 4 is 23.3 Å². The Labute approximate surface area is 165 Å². The van der Waals surface area contributed by atoms with Crippen LogP contribution in [0.5, 0.6) is 0 Å². The summed E-state index contributed by atoms with van der Waals surface area (Å²) in [5.41, 5.74) is 4.63. The van der Waals surface area contributed by atoms with E-state index in [9.17, 15) is 4.79 Å². The summed E-state index contributed by atoms with van der Waals surface area (Å²) in [7, 11) is 0. The van der Waals surface area contributed by atoms with Gasteiger partial charge >= 0.3 is 6.09 Å². The number of hydrogen-bond acceptors (Lipinski definition) is 2. The average molecular weight is 382 g/mol. The van der Waals surface area contributed by atoms with E-state index in [0.29, 0.717) is 6.61 Å². The van der Waals surface area contributed by atoms with E-state index in [1.54, 1.807) is 0 Å². The fraction of sp³-hybridized carbons (Fsp3) is 0.348. The topological polar surface area (TPSA) is 29.5 Å². The van der Waals surface area contributed by atoms with E-state index in [4.69, 9.17) is 16.3 Å². The summed E-state index contributed by atoms with van der Waals surface area (Å²) in [5.74, 6) is 0. The quantitative estimate of drug-likeness (QED) is 0.652. The highest BCUT2D eigenvalue weighted by atomic mass is 35.5. The van der Waals surface area contributed by atoms with Crippen LogP contribution in [0.1, 0.15) is 42.4 Å². The van der Waals surface area contributed by atoms with Crippen LogP contribution in [0.3, 0.4) is 0 Å². The minimum atomic E-state index is -0.198. The Morgan fingerprint density at radius 1 is 1.19 bits per heavy atom. The zero-order chi connectivity index (χ0) is 18.8. The first-order valence-electron chi connectivity index (χ1n) is 9.58. The zero-order valence-electron chi connectivity index (χ0n) is 15.5. The average Bonchev–Trinajstić information content (AvgIpc) is 2.68. The number of halogens is 1. The van der Waals surface area contributed by atoms with Crippen LogP contribution in [0.25, 0.3) is 5.57 Å². The smallest absolute Gasteiger partial charge is 0.410 e. The van der Waals surface area contributed by atoms with Gasteiger partial charge in [0.25, 0.3) is 0 Å². The molecule has 2 aliphatic heterocycles. The van der Waals surface area contributed by atoms with E-state index in [-0.39, 0.29) is 18.2 Å². The Morgan fingerprint density at radius 2 is 2.00 bits per heavy atom. The fourth-order valence-corrected chi connectivity index (χ4v) is 4.28. The minimum absolute atomic E-state index is 0.117. The molecule has 4 rings (SSSR count). The first kappa shape index (κ1) is 18.1. The van der Waals surface area contributed by atoms with Crippen LogP contribution < -0.4 is 0 Å². The molecular weight excluding hydrogens is 358 g/mol. The van der Waals surface area contributed by atoms with Crippen LogP contribution in [0.15, 0.2) is 54.6 Å². The molecule has 27 heavy (non-hydrogen) atoms. The molecule has 0 radical (unpaired) electrons. The Morgan fingerprint density at radius 3 is 2.74 bits per heavy atom. The SMILES string of the molecule is Cc1cc(C2=CC3CCCC(C2)N3C(=O)OCc2ccccc2)ccc1Cl. The molecule has 1 amide bonds. The van der Waals surface area contributed by atoms with Crippen LogP contribution in [-0.4, -0.2) is 23.1 Å². The number of ether oxygens (including phenoxy) is 1. The summed E-state index contributed by atoms with van der Waals surface area (Å²) in [6.45, 7) is 2.35. The van der Waals surface area contributed by atoms with Crippen LogP contribution in [-0.2, 0) is 11.3 Å². The minimum Gasteiger partial charge on any atom is -0.445 e. The maximum atomic E-state index is 12.8. The van der Waals surface area contributed by atoms with Crippen LogP contribution in [0, 0.1) is 6.92 Å². The molecule has 0 spiro atoms. The molecule has 0 N–H and O–H groups in total. The number of carbonyl (C=O) groups excluding carboxylic acids is 1. The highest BCUT2D eigenvalue weighted by molar-refractivity contribution is 6.31. The number of amides is 1. The molecule has 2 bridgehead atoms. The van der Waals surface area contributed by atoms with Gasteiger partial charge in [0.2, 0.25) is 0 Å². The van der Waals surface area contributed by atoms with E-state index in [0.717, 1.165) is 41.8 Å². The van der Waals surface area contributed by atoms with Crippen molar-refractivity contribution in [2.75, 3.05) is 0 Å². The molecule has 1 saturated heterocycles. The number of nitrogens with zero attached hydrogens (tertiary/aromatic N) is 1. The van der Waals surface area contributed by atoms with Crippen molar-refractivity contribution in [3.05, 3.63) is 76.3 Å². The van der Waals surface area contributed by atoms with E-state index in [2.05, 4.69) is 18.2 Å². The largest absolute Gasteiger partial charge is 0.445 e. The molecule has 0 aliphatic carbocycles. The third kappa shape index (κ3) is 3.89. The lowest BCUT2D eigenvalue weighted by atomic mass is 9.83. The van der Waals surface area contributed by atoms with E-state index < -0.39 is 0 Å². The zero-order valence-corrected chi connectivity index (χ0v) is 16.3. The molecule has 2 heterocycles. The third-order valence-electron chi connectivity index (χ3n) is 5.58. The predicted molar refractivity (Wildman–Crippen MR) is 109 cm³/mol. The molecule has 3 nitrogen and oxygen atoms in total. The second kappa shape index (κ2) is 7.77. The Kier molecular flexibility index (Phi) is 5.22. The fourth-order valence-electron chi connectivity index (χ4n) is 4.17. The highest BCUT2D eigenvalue weighted by Crippen LogP contribution is 2.38. The highest BCUT2D eigenvalue weighted by Gasteiger charge is 2.38. The summed E-state index contributed by atoms with van der Waals surface area (Å²) < 4.78 is 5.62. The van der Waals surface area contributed by atoms with Gasteiger partial charge in [-0.05, 0) is 60.9 Å². The summed E-state index contributed by atoms with van der Waals surface area (Å²) >= 11 is 6.18. The number of aryl methyl sites for hydroxylation is 1. The van der Waals surface area contributed by atoms with Crippen molar-refractivity contribution in [1.29, 1.82) is 0 Å². The van der Waals surface area contributed by atoms with E-state index >= 15 is 0 Å². The Bertz CT molecular complexity index is 862. The molecule has 2 aromatic rings. The second-order valence-corrected chi connectivity index (χ2v) is 7.87. The number of fused-ring (bicyclic) bond motifs is 2. The van der Waals surface area contributed by atoms with E-state index in [1.165, 1.54) is 11.1 Å². The number of hydrogen-bond donors (Lipinski definition) is 0. The molecule has 140 valence electrons. The number of piperidine rings is 1. The van der Waals surface area contributed by atoms with Gasteiger partial charge in [-0.3, -0.25) is 4.90 Å². The Hall–Kier alpha value is -2.26. The molecule has 4 heteroatoms. The van der Waals surface area contributed by atoms with Gasteiger partial charge in [0.1, 0.15) is 6.61 Å². The molecule has 2 atom stereocenters. The number of rotatable bonds is 3. The van der Waals surface area contributed by atoms with Crippen LogP contribution in [0.2, 0.25) is 5.02 Å². The lowest BCUT2D eigenvalue weighted by Gasteiger charge is -2.44. The maximum Gasteiger partial charge on any atom is 0.410 e. The van der Waals surface area contributed by atoms with Crippen molar-refractivity contribution in [3.8, 4) is 0 Å². The van der Waals surface area contributed by atoms with Gasteiger partial charge in [0.05, 0.1) is 6.04 Å². The molecule has 2 aromatic carbocycles. The van der Waals surface area contributed by atoms with Gasteiger partial charge in [0.15, 0.2) is 0 Å². The standard InChI is InChI=1S/C23H24ClNO2/c1-16-12-18(10-11-22(16)24)19-13-20-8-5-9-21(14-19)25(20)23(26)27-15-17-6-3-2-4-7-17/h2-4,6-7,10-13,20-21H,5,8-9,14-15H2,1H3. The summed E-state index contributed by atoms with van der Waals surface area (Å²) in [6, 6.07) is 16.4. The van der Waals surface area contributed by atoms with Crippen molar-refractivity contribution in [3.63, 3.8) is 0 Å². The van der Waals surface area contributed by atoms with Crippen molar-refractivity contribution in [1.82, 2.24) is 4.90 Å². The Balaban J connectivity index is 1.51. The molecule has 0 aromatic heterocycles. The second-order valence-electron chi connectivity index (χ2n) is 7.46. The third-order valence-corrected chi connectivity index (χ3v) is 6.01. The molecule has 2 aliphatic rings. The molecule has 0 saturated carbocycles. The van der Waals surface area contributed by atoms with Gasteiger partial charge in [-0.1, -0.05) is 60.1 Å². The molecule has 2 unspecified atom stereocenters. The summed E-state index contributed by atoms with van der Waals surface area (Å²) in [5, 5.41) is 0.793. The van der Waals surface area contributed by atoms with Gasteiger partial charge in [-0.15, -0.1) is 0 Å². The summed E-state index contributed by atoms with van der Waals surface area (Å²) in [4.78, 5) is 14.7.